The molecular weight excluding hydrogens is 249 g/mol. The van der Waals surface area contributed by atoms with Gasteiger partial charge in [-0.25, -0.2) is 9.37 Å². The standard InChI is InChI=1S/C13H12FN3O2/c1-8-5-9(7-10(14)6-8)13-11(17(18)19)3-4-12(15-2)16-13/h3-7H,1-2H3,(H,15,16). The minimum Gasteiger partial charge on any atom is -0.373 e. The number of aryl methyl sites for hydroxylation is 1. The first-order valence-electron chi connectivity index (χ1n) is 5.62. The summed E-state index contributed by atoms with van der Waals surface area (Å²) in [6.07, 6.45) is 0. The Morgan fingerprint density at radius 1 is 1.32 bits per heavy atom. The molecular formula is C13H12FN3O2. The molecule has 0 radical (unpaired) electrons. The maximum Gasteiger partial charge on any atom is 0.295 e. The topological polar surface area (TPSA) is 68.1 Å². The average Bonchev–Trinajstić information content (AvgIpc) is 2.36. The van der Waals surface area contributed by atoms with Crippen LogP contribution in [0.1, 0.15) is 5.56 Å². The van der Waals surface area contributed by atoms with Crippen LogP contribution >= 0.6 is 0 Å². The molecule has 0 unspecified atom stereocenters. The van der Waals surface area contributed by atoms with Crippen molar-refractivity contribution in [3.8, 4) is 11.3 Å². The van der Waals surface area contributed by atoms with Gasteiger partial charge in [-0.1, -0.05) is 0 Å². The SMILES string of the molecule is CNc1ccc([N+](=O)[O-])c(-c2cc(C)cc(F)c2)n1. The van der Waals surface area contributed by atoms with Gasteiger partial charge in [0.1, 0.15) is 11.6 Å². The Labute approximate surface area is 109 Å². The molecule has 0 fully saturated rings. The lowest BCUT2D eigenvalue weighted by molar-refractivity contribution is -0.384. The molecule has 0 bridgehead atoms. The molecule has 0 spiro atoms. The summed E-state index contributed by atoms with van der Waals surface area (Å²) in [7, 11) is 1.66. The molecule has 0 saturated heterocycles. The number of hydrogen-bond donors (Lipinski definition) is 1. The Morgan fingerprint density at radius 3 is 2.63 bits per heavy atom. The van der Waals surface area contributed by atoms with E-state index in [9.17, 15) is 14.5 Å². The second-order valence-electron chi connectivity index (χ2n) is 4.09. The zero-order chi connectivity index (χ0) is 14.0. The van der Waals surface area contributed by atoms with Crippen LogP contribution in [0, 0.1) is 22.9 Å². The second kappa shape index (κ2) is 5.01. The van der Waals surface area contributed by atoms with Gasteiger partial charge >= 0.3 is 0 Å². The number of hydrogen-bond acceptors (Lipinski definition) is 4. The third-order valence-corrected chi connectivity index (χ3v) is 2.64. The number of halogens is 1. The van der Waals surface area contributed by atoms with Crippen LogP contribution in [0.25, 0.3) is 11.3 Å². The zero-order valence-corrected chi connectivity index (χ0v) is 10.5. The summed E-state index contributed by atoms with van der Waals surface area (Å²) in [5, 5.41) is 13.8. The molecule has 19 heavy (non-hydrogen) atoms. The number of nitrogens with one attached hydrogen (secondary N) is 1. The maximum absolute atomic E-state index is 13.4. The Kier molecular flexibility index (Phi) is 3.41. The number of nitrogens with zero attached hydrogens (tertiary/aromatic N) is 2. The van der Waals surface area contributed by atoms with Gasteiger partial charge in [-0.05, 0) is 36.8 Å². The van der Waals surface area contributed by atoms with Crippen LogP contribution < -0.4 is 5.32 Å². The monoisotopic (exact) mass is 261 g/mol. The van der Waals surface area contributed by atoms with Gasteiger partial charge in [-0.3, -0.25) is 10.1 Å². The molecule has 5 nitrogen and oxygen atoms in total. The predicted octanol–water partition coefficient (Wildman–Crippen LogP) is 3.15. The highest BCUT2D eigenvalue weighted by Gasteiger charge is 2.18. The van der Waals surface area contributed by atoms with Crippen molar-refractivity contribution in [2.24, 2.45) is 0 Å². The van der Waals surface area contributed by atoms with Crippen molar-refractivity contribution < 1.29 is 9.31 Å². The molecule has 1 aromatic heterocycles. The van der Waals surface area contributed by atoms with Crippen molar-refractivity contribution in [3.05, 3.63) is 51.8 Å². The predicted molar refractivity (Wildman–Crippen MR) is 70.6 cm³/mol. The molecule has 2 rings (SSSR count). The average molecular weight is 261 g/mol. The van der Waals surface area contributed by atoms with E-state index in [1.165, 1.54) is 24.3 Å². The molecule has 2 aromatic rings. The first-order chi connectivity index (χ1) is 9.01. The van der Waals surface area contributed by atoms with Crippen molar-refractivity contribution in [2.45, 2.75) is 6.92 Å². The van der Waals surface area contributed by atoms with Gasteiger partial charge in [0.2, 0.25) is 0 Å². The number of benzene rings is 1. The molecule has 1 heterocycles. The summed E-state index contributed by atoms with van der Waals surface area (Å²) >= 11 is 0. The summed E-state index contributed by atoms with van der Waals surface area (Å²) in [6, 6.07) is 7.12. The van der Waals surface area contributed by atoms with Crippen molar-refractivity contribution >= 4 is 11.5 Å². The largest absolute Gasteiger partial charge is 0.373 e. The van der Waals surface area contributed by atoms with Gasteiger partial charge in [0, 0.05) is 18.7 Å². The van der Waals surface area contributed by atoms with E-state index in [0.29, 0.717) is 16.9 Å². The van der Waals surface area contributed by atoms with Gasteiger partial charge in [-0.15, -0.1) is 0 Å². The van der Waals surface area contributed by atoms with Crippen molar-refractivity contribution in [3.63, 3.8) is 0 Å². The van der Waals surface area contributed by atoms with E-state index < -0.39 is 10.7 Å². The van der Waals surface area contributed by atoms with Crippen LogP contribution in [0.3, 0.4) is 0 Å². The lowest BCUT2D eigenvalue weighted by Gasteiger charge is -2.06. The highest BCUT2D eigenvalue weighted by molar-refractivity contribution is 5.71. The van der Waals surface area contributed by atoms with E-state index in [2.05, 4.69) is 10.3 Å². The summed E-state index contributed by atoms with van der Waals surface area (Å²) in [6.45, 7) is 1.72. The fourth-order valence-corrected chi connectivity index (χ4v) is 1.82. The number of anilines is 1. The molecule has 0 aliphatic heterocycles. The minimum absolute atomic E-state index is 0.149. The third kappa shape index (κ3) is 2.67. The molecule has 0 aliphatic rings. The highest BCUT2D eigenvalue weighted by atomic mass is 19.1. The first-order valence-corrected chi connectivity index (χ1v) is 5.62. The summed E-state index contributed by atoms with van der Waals surface area (Å²) in [5.74, 6) is 0.0449. The van der Waals surface area contributed by atoms with E-state index in [4.69, 9.17) is 0 Å². The van der Waals surface area contributed by atoms with Crippen molar-refractivity contribution in [1.29, 1.82) is 0 Å². The van der Waals surface area contributed by atoms with Gasteiger partial charge in [0.05, 0.1) is 4.92 Å². The normalized spacial score (nSPS) is 10.3. The molecule has 6 heteroatoms. The van der Waals surface area contributed by atoms with Crippen LogP contribution in [-0.2, 0) is 0 Å². The molecule has 1 aromatic carbocycles. The van der Waals surface area contributed by atoms with Gasteiger partial charge in [0.25, 0.3) is 5.69 Å². The summed E-state index contributed by atoms with van der Waals surface area (Å²) in [4.78, 5) is 14.6. The molecule has 98 valence electrons. The highest BCUT2D eigenvalue weighted by Crippen LogP contribution is 2.30. The lowest BCUT2D eigenvalue weighted by Crippen LogP contribution is -1.99. The van der Waals surface area contributed by atoms with Crippen molar-refractivity contribution in [1.82, 2.24) is 4.98 Å². The molecule has 0 aliphatic carbocycles. The lowest BCUT2D eigenvalue weighted by atomic mass is 10.1. The van der Waals surface area contributed by atoms with Crippen LogP contribution in [0.4, 0.5) is 15.9 Å². The van der Waals surface area contributed by atoms with Gasteiger partial charge in [-0.2, -0.15) is 0 Å². The van der Waals surface area contributed by atoms with Crippen LogP contribution in [0.2, 0.25) is 0 Å². The zero-order valence-electron chi connectivity index (χ0n) is 10.5. The Morgan fingerprint density at radius 2 is 2.05 bits per heavy atom. The van der Waals surface area contributed by atoms with Crippen LogP contribution in [-0.4, -0.2) is 17.0 Å². The van der Waals surface area contributed by atoms with Crippen molar-refractivity contribution in [2.75, 3.05) is 12.4 Å². The van der Waals surface area contributed by atoms with E-state index in [1.54, 1.807) is 20.0 Å². The van der Waals surface area contributed by atoms with E-state index in [-0.39, 0.29) is 11.4 Å². The summed E-state index contributed by atoms with van der Waals surface area (Å²) < 4.78 is 13.4. The Hall–Kier alpha value is -2.50. The number of pyridine rings is 1. The minimum atomic E-state index is -0.526. The molecule has 0 amide bonds. The summed E-state index contributed by atoms with van der Waals surface area (Å²) in [5.41, 5.74) is 1.07. The molecule has 0 saturated carbocycles. The molecule has 0 atom stereocenters. The van der Waals surface area contributed by atoms with E-state index in [1.807, 2.05) is 0 Å². The first kappa shape index (κ1) is 12.9. The Balaban J connectivity index is 2.67. The molecule has 1 N–H and O–H groups in total. The van der Waals surface area contributed by atoms with Crippen LogP contribution in [0.15, 0.2) is 30.3 Å². The number of aromatic nitrogens is 1. The third-order valence-electron chi connectivity index (χ3n) is 2.64. The van der Waals surface area contributed by atoms with Crippen LogP contribution in [0.5, 0.6) is 0 Å². The van der Waals surface area contributed by atoms with E-state index >= 15 is 0 Å². The Bertz CT molecular complexity index is 624. The number of nitro groups is 1. The number of rotatable bonds is 3. The fraction of sp³-hybridized carbons (Fsp3) is 0.154. The maximum atomic E-state index is 13.4. The quantitative estimate of drug-likeness (QED) is 0.680. The van der Waals surface area contributed by atoms with Gasteiger partial charge < -0.3 is 5.32 Å². The van der Waals surface area contributed by atoms with E-state index in [0.717, 1.165) is 0 Å². The smallest absolute Gasteiger partial charge is 0.295 e. The second-order valence-corrected chi connectivity index (χ2v) is 4.09. The fourth-order valence-electron chi connectivity index (χ4n) is 1.82. The van der Waals surface area contributed by atoms with Gasteiger partial charge in [0.15, 0.2) is 5.69 Å².